The van der Waals surface area contributed by atoms with E-state index in [1.807, 2.05) is 38.3 Å². The molecule has 0 amide bonds. The number of aromatic nitrogens is 3. The van der Waals surface area contributed by atoms with Crippen LogP contribution < -0.4 is 14.8 Å². The number of ether oxygens (including phenoxy) is 2. The summed E-state index contributed by atoms with van der Waals surface area (Å²) >= 11 is 1.49. The Balaban J connectivity index is 0.00000272. The van der Waals surface area contributed by atoms with E-state index in [1.54, 1.807) is 12.1 Å². The zero-order valence-corrected chi connectivity index (χ0v) is 18.9. The molecule has 2 aromatic carbocycles. The number of nitrogens with one attached hydrogen (secondary N) is 1. The van der Waals surface area contributed by atoms with E-state index < -0.39 is 0 Å². The van der Waals surface area contributed by atoms with Crippen molar-refractivity contribution in [3.05, 3.63) is 52.9 Å². The maximum atomic E-state index is 14.4. The van der Waals surface area contributed by atoms with Crippen LogP contribution in [0.1, 0.15) is 18.9 Å². The van der Waals surface area contributed by atoms with E-state index in [0.29, 0.717) is 47.5 Å². The van der Waals surface area contributed by atoms with Gasteiger partial charge in [0.15, 0.2) is 11.5 Å². The normalized spacial score (nSPS) is 10.6. The number of thiazole rings is 1. The summed E-state index contributed by atoms with van der Waals surface area (Å²) in [5.74, 6) is 1.54. The maximum Gasteiger partial charge on any atom is 0.163 e. The van der Waals surface area contributed by atoms with Gasteiger partial charge in [0.05, 0.1) is 29.4 Å². The van der Waals surface area contributed by atoms with Crippen molar-refractivity contribution in [2.24, 2.45) is 0 Å². The highest BCUT2D eigenvalue weighted by molar-refractivity contribution is 7.09. The lowest BCUT2D eigenvalue weighted by molar-refractivity contribution is 0.288. The lowest BCUT2D eigenvalue weighted by atomic mass is 10.1. The molecule has 0 unspecified atom stereocenters. The average molecular weight is 461 g/mol. The summed E-state index contributed by atoms with van der Waals surface area (Å²) in [6.07, 6.45) is 1.48. The summed E-state index contributed by atoms with van der Waals surface area (Å²) in [6, 6.07) is 8.53. The molecule has 0 saturated carbocycles. The topological polar surface area (TPSA) is 69.2 Å². The summed E-state index contributed by atoms with van der Waals surface area (Å²) in [6.45, 7) is 6.77. The number of hydrogen-bond acceptors (Lipinski definition) is 7. The van der Waals surface area contributed by atoms with Crippen LogP contribution in [0.4, 0.5) is 15.9 Å². The van der Waals surface area contributed by atoms with Crippen LogP contribution >= 0.6 is 23.7 Å². The van der Waals surface area contributed by atoms with E-state index >= 15 is 0 Å². The number of nitrogens with zero attached hydrogens (tertiary/aromatic N) is 3. The molecule has 1 N–H and O–H groups in total. The van der Waals surface area contributed by atoms with E-state index in [4.69, 9.17) is 9.47 Å². The first-order chi connectivity index (χ1) is 14.6. The van der Waals surface area contributed by atoms with Crippen molar-refractivity contribution in [1.82, 2.24) is 15.0 Å². The van der Waals surface area contributed by atoms with Gasteiger partial charge >= 0.3 is 0 Å². The Labute approximate surface area is 189 Å². The number of hydrogen-bond donors (Lipinski definition) is 1. The molecule has 2 aromatic heterocycles. The van der Waals surface area contributed by atoms with Gasteiger partial charge in [0.1, 0.15) is 18.0 Å². The van der Waals surface area contributed by atoms with Gasteiger partial charge in [-0.3, -0.25) is 0 Å². The Bertz CT molecular complexity index is 1200. The highest BCUT2D eigenvalue weighted by Gasteiger charge is 2.14. The Hall–Kier alpha value is -2.97. The number of anilines is 2. The minimum Gasteiger partial charge on any atom is -0.490 e. The van der Waals surface area contributed by atoms with E-state index in [2.05, 4.69) is 20.3 Å². The van der Waals surface area contributed by atoms with Gasteiger partial charge in [0, 0.05) is 28.1 Å². The molecule has 6 nitrogen and oxygen atoms in total. The fraction of sp³-hybridized carbons (Fsp3) is 0.227. The predicted octanol–water partition coefficient (Wildman–Crippen LogP) is 6.16. The highest BCUT2D eigenvalue weighted by Crippen LogP contribution is 2.35. The number of fused-ring (bicyclic) bond motifs is 1. The van der Waals surface area contributed by atoms with Crippen LogP contribution in [-0.4, -0.2) is 28.2 Å². The number of halogens is 2. The van der Waals surface area contributed by atoms with Gasteiger partial charge in [-0.25, -0.2) is 19.3 Å². The number of aryl methyl sites for hydroxylation is 1. The Morgan fingerprint density at radius 3 is 2.45 bits per heavy atom. The minimum absolute atomic E-state index is 0. The van der Waals surface area contributed by atoms with E-state index in [1.165, 1.54) is 23.7 Å². The van der Waals surface area contributed by atoms with E-state index in [-0.39, 0.29) is 18.2 Å². The van der Waals surface area contributed by atoms with Crippen molar-refractivity contribution in [3.63, 3.8) is 0 Å². The van der Waals surface area contributed by atoms with Gasteiger partial charge in [-0.05, 0) is 45.0 Å². The molecule has 4 rings (SSSR count). The zero-order valence-electron chi connectivity index (χ0n) is 17.3. The molecule has 2 heterocycles. The molecule has 4 aromatic rings. The van der Waals surface area contributed by atoms with Gasteiger partial charge in [0.25, 0.3) is 0 Å². The number of benzene rings is 2. The fourth-order valence-electron chi connectivity index (χ4n) is 3.12. The third-order valence-corrected chi connectivity index (χ3v) is 5.20. The van der Waals surface area contributed by atoms with Gasteiger partial charge in [0.2, 0.25) is 0 Å². The lowest BCUT2D eigenvalue weighted by Crippen LogP contribution is -2.01. The van der Waals surface area contributed by atoms with Crippen molar-refractivity contribution in [1.29, 1.82) is 0 Å². The molecule has 31 heavy (non-hydrogen) atoms. The molecule has 0 aliphatic heterocycles. The quantitative estimate of drug-likeness (QED) is 0.356. The third kappa shape index (κ3) is 4.86. The van der Waals surface area contributed by atoms with Crippen molar-refractivity contribution in [2.45, 2.75) is 20.8 Å². The minimum atomic E-state index is -0.321. The molecule has 0 aliphatic carbocycles. The average Bonchev–Trinajstić information content (AvgIpc) is 3.17. The van der Waals surface area contributed by atoms with Crippen molar-refractivity contribution < 1.29 is 13.9 Å². The van der Waals surface area contributed by atoms with Crippen LogP contribution in [-0.2, 0) is 0 Å². The molecule has 162 valence electrons. The van der Waals surface area contributed by atoms with Crippen LogP contribution in [0.3, 0.4) is 0 Å². The van der Waals surface area contributed by atoms with E-state index in [9.17, 15) is 4.39 Å². The molecule has 0 bridgehead atoms. The van der Waals surface area contributed by atoms with E-state index in [0.717, 1.165) is 15.9 Å². The first-order valence-corrected chi connectivity index (χ1v) is 10.5. The molecular weight excluding hydrogens is 439 g/mol. The van der Waals surface area contributed by atoms with Gasteiger partial charge in [-0.2, -0.15) is 0 Å². The second-order valence-corrected chi connectivity index (χ2v) is 7.54. The molecule has 0 fully saturated rings. The van der Waals surface area contributed by atoms with Gasteiger partial charge in [-0.1, -0.05) is 0 Å². The van der Waals surface area contributed by atoms with Crippen molar-refractivity contribution in [3.8, 4) is 22.8 Å². The summed E-state index contributed by atoms with van der Waals surface area (Å²) in [5.41, 5.74) is 2.48. The smallest absolute Gasteiger partial charge is 0.163 e. The van der Waals surface area contributed by atoms with Crippen LogP contribution in [0.2, 0.25) is 0 Å². The predicted molar refractivity (Wildman–Crippen MR) is 125 cm³/mol. The Morgan fingerprint density at radius 2 is 1.77 bits per heavy atom. The molecule has 0 atom stereocenters. The molecule has 9 heteroatoms. The molecule has 0 radical (unpaired) electrons. The van der Waals surface area contributed by atoms with Crippen LogP contribution in [0.25, 0.3) is 22.2 Å². The highest BCUT2D eigenvalue weighted by atomic mass is 35.5. The molecular formula is C22H22ClFN4O2S. The summed E-state index contributed by atoms with van der Waals surface area (Å²) in [5, 5.41) is 6.79. The van der Waals surface area contributed by atoms with Gasteiger partial charge < -0.3 is 14.8 Å². The molecule has 0 aliphatic rings. The second kappa shape index (κ2) is 9.89. The first-order valence-electron chi connectivity index (χ1n) is 9.62. The third-order valence-electron chi connectivity index (χ3n) is 4.42. The van der Waals surface area contributed by atoms with Crippen LogP contribution in [0.5, 0.6) is 11.5 Å². The second-order valence-electron chi connectivity index (χ2n) is 6.48. The summed E-state index contributed by atoms with van der Waals surface area (Å²) < 4.78 is 25.8. The molecule has 0 spiro atoms. The summed E-state index contributed by atoms with van der Waals surface area (Å²) in [7, 11) is 0. The van der Waals surface area contributed by atoms with Gasteiger partial charge in [-0.15, -0.1) is 23.7 Å². The monoisotopic (exact) mass is 460 g/mol. The first kappa shape index (κ1) is 22.7. The van der Waals surface area contributed by atoms with Crippen molar-refractivity contribution in [2.75, 3.05) is 18.5 Å². The maximum absolute atomic E-state index is 14.4. The summed E-state index contributed by atoms with van der Waals surface area (Å²) in [4.78, 5) is 13.1. The fourth-order valence-corrected chi connectivity index (χ4v) is 3.74. The SMILES string of the molecule is CCOc1cc2ncnc(Nc3ccc(F)c(-c4csc(C)n4)c3)c2cc1OCC.Cl. The van der Waals surface area contributed by atoms with Crippen LogP contribution in [0.15, 0.2) is 42.0 Å². The number of rotatable bonds is 7. The standard InChI is InChI=1S/C22H21FN4O2S.ClH/c1-4-28-20-9-16-18(10-21(20)29-5-2)24-12-25-22(16)27-14-6-7-17(23)15(8-14)19-11-30-13(3)26-19;/h6-12H,4-5H2,1-3H3,(H,24,25,27);1H. The Kier molecular flexibility index (Phi) is 7.25. The van der Waals surface area contributed by atoms with Crippen LogP contribution in [0, 0.1) is 12.7 Å². The molecule has 0 saturated heterocycles. The van der Waals surface area contributed by atoms with Crippen molar-refractivity contribution >= 4 is 46.2 Å². The lowest BCUT2D eigenvalue weighted by Gasteiger charge is -2.14. The largest absolute Gasteiger partial charge is 0.490 e. The zero-order chi connectivity index (χ0) is 21.1. The Morgan fingerprint density at radius 1 is 1.03 bits per heavy atom.